The van der Waals surface area contributed by atoms with E-state index in [2.05, 4.69) is 0 Å². The highest BCUT2D eigenvalue weighted by Crippen LogP contribution is 2.30. The number of aliphatic hydroxyl groups excluding tert-OH is 1. The molecule has 1 heterocycles. The first-order valence-electron chi connectivity index (χ1n) is 3.97. The van der Waals surface area contributed by atoms with Gasteiger partial charge in [0, 0.05) is 9.58 Å². The molecule has 0 amide bonds. The second-order valence-corrected chi connectivity index (χ2v) is 4.43. The quantitative estimate of drug-likeness (QED) is 0.808. The van der Waals surface area contributed by atoms with Crippen molar-refractivity contribution in [2.24, 2.45) is 0 Å². The summed E-state index contributed by atoms with van der Waals surface area (Å²) in [6.07, 6.45) is 0. The summed E-state index contributed by atoms with van der Waals surface area (Å²) in [6.45, 7) is 0.0266. The summed E-state index contributed by atoms with van der Waals surface area (Å²) in [4.78, 5) is 0.881. The normalized spacial score (nSPS) is 10.4. The fraction of sp³-hybridized carbons (Fsp3) is 0.100. The number of benzene rings is 1. The highest BCUT2D eigenvalue weighted by Gasteiger charge is 2.05. The number of halogens is 1. The van der Waals surface area contributed by atoms with Crippen molar-refractivity contribution in [3.63, 3.8) is 0 Å². The van der Waals surface area contributed by atoms with E-state index in [4.69, 9.17) is 22.0 Å². The molecule has 2 aromatic rings. The molecule has 70 valence electrons. The molecule has 0 unspecified atom stereocenters. The molecule has 0 saturated heterocycles. The maximum absolute atomic E-state index is 8.95. The van der Waals surface area contributed by atoms with E-state index in [0.29, 0.717) is 10.6 Å². The Morgan fingerprint density at radius 1 is 1.43 bits per heavy atom. The fourth-order valence-electron chi connectivity index (χ4n) is 1.28. The standard InChI is InChI=1S/C10H6ClNOS/c11-9-3-10-6(1-7(9)4-12)2-8(5-13)14-10/h1-3,13H,5H2. The first kappa shape index (κ1) is 9.47. The van der Waals surface area contributed by atoms with Gasteiger partial charge < -0.3 is 5.11 Å². The molecule has 2 nitrogen and oxygen atoms in total. The molecule has 2 rings (SSSR count). The summed E-state index contributed by atoms with van der Waals surface area (Å²) >= 11 is 7.36. The molecular weight excluding hydrogens is 218 g/mol. The molecule has 14 heavy (non-hydrogen) atoms. The predicted molar refractivity (Wildman–Crippen MR) is 57.5 cm³/mol. The maximum Gasteiger partial charge on any atom is 0.101 e. The van der Waals surface area contributed by atoms with Crippen molar-refractivity contribution in [2.75, 3.05) is 0 Å². The van der Waals surface area contributed by atoms with Gasteiger partial charge in [-0.15, -0.1) is 11.3 Å². The number of fused-ring (bicyclic) bond motifs is 1. The van der Waals surface area contributed by atoms with E-state index in [-0.39, 0.29) is 6.61 Å². The van der Waals surface area contributed by atoms with Crippen molar-refractivity contribution in [1.82, 2.24) is 0 Å². The Morgan fingerprint density at radius 3 is 2.86 bits per heavy atom. The summed E-state index contributed by atoms with van der Waals surface area (Å²) in [7, 11) is 0. The molecule has 0 fully saturated rings. The van der Waals surface area contributed by atoms with Crippen molar-refractivity contribution >= 4 is 33.0 Å². The molecule has 0 radical (unpaired) electrons. The lowest BCUT2D eigenvalue weighted by Gasteiger charge is -1.93. The number of rotatable bonds is 1. The van der Waals surface area contributed by atoms with Gasteiger partial charge in [-0.2, -0.15) is 5.26 Å². The molecular formula is C10H6ClNOS. The van der Waals surface area contributed by atoms with Crippen LogP contribution in [0.2, 0.25) is 5.02 Å². The van der Waals surface area contributed by atoms with Gasteiger partial charge in [0.15, 0.2) is 0 Å². The van der Waals surface area contributed by atoms with Crippen LogP contribution in [0.25, 0.3) is 10.1 Å². The van der Waals surface area contributed by atoms with Crippen LogP contribution in [0.15, 0.2) is 18.2 Å². The summed E-state index contributed by atoms with van der Waals surface area (Å²) in [5, 5.41) is 19.1. The first-order chi connectivity index (χ1) is 6.74. The van der Waals surface area contributed by atoms with Crippen molar-refractivity contribution in [1.29, 1.82) is 5.26 Å². The summed E-state index contributed by atoms with van der Waals surface area (Å²) < 4.78 is 0.998. The largest absolute Gasteiger partial charge is 0.391 e. The van der Waals surface area contributed by atoms with Crippen LogP contribution in [0.3, 0.4) is 0 Å². The maximum atomic E-state index is 8.95. The fourth-order valence-corrected chi connectivity index (χ4v) is 2.50. The Kier molecular flexibility index (Phi) is 2.42. The number of hydrogen-bond acceptors (Lipinski definition) is 3. The van der Waals surface area contributed by atoms with E-state index in [1.807, 2.05) is 12.1 Å². The number of nitrogens with zero attached hydrogens (tertiary/aromatic N) is 1. The zero-order valence-corrected chi connectivity index (χ0v) is 8.69. The monoisotopic (exact) mass is 223 g/mol. The smallest absolute Gasteiger partial charge is 0.101 e. The molecule has 0 bridgehead atoms. The van der Waals surface area contributed by atoms with Gasteiger partial charge in [0.25, 0.3) is 0 Å². The van der Waals surface area contributed by atoms with Gasteiger partial charge in [-0.05, 0) is 23.6 Å². The molecule has 1 N–H and O–H groups in total. The van der Waals surface area contributed by atoms with Gasteiger partial charge in [-0.3, -0.25) is 0 Å². The molecule has 4 heteroatoms. The van der Waals surface area contributed by atoms with Gasteiger partial charge in [-0.25, -0.2) is 0 Å². The van der Waals surface area contributed by atoms with Gasteiger partial charge in [0.1, 0.15) is 6.07 Å². The molecule has 0 saturated carbocycles. The second-order valence-electron chi connectivity index (χ2n) is 2.85. The summed E-state index contributed by atoms with van der Waals surface area (Å²) in [5.41, 5.74) is 0.474. The van der Waals surface area contributed by atoms with Gasteiger partial charge in [-0.1, -0.05) is 11.6 Å². The lowest BCUT2D eigenvalue weighted by Crippen LogP contribution is -1.75. The van der Waals surface area contributed by atoms with Crippen LogP contribution in [0, 0.1) is 11.3 Å². The number of aliphatic hydroxyl groups is 1. The van der Waals surface area contributed by atoms with Crippen LogP contribution in [0.5, 0.6) is 0 Å². The molecule has 0 spiro atoms. The predicted octanol–water partition coefficient (Wildman–Crippen LogP) is 2.92. The van der Waals surface area contributed by atoms with Crippen LogP contribution < -0.4 is 0 Å². The SMILES string of the molecule is N#Cc1cc2cc(CO)sc2cc1Cl. The summed E-state index contributed by atoms with van der Waals surface area (Å²) in [6, 6.07) is 7.40. The third kappa shape index (κ3) is 1.48. The van der Waals surface area contributed by atoms with Crippen LogP contribution in [-0.4, -0.2) is 5.11 Å². The molecule has 0 aliphatic heterocycles. The van der Waals surface area contributed by atoms with Gasteiger partial charge >= 0.3 is 0 Å². The number of nitriles is 1. The number of hydrogen-bond donors (Lipinski definition) is 1. The van der Waals surface area contributed by atoms with E-state index in [9.17, 15) is 0 Å². The molecule has 1 aromatic heterocycles. The van der Waals surface area contributed by atoms with Crippen molar-refractivity contribution in [3.05, 3.63) is 33.7 Å². The molecule has 0 aliphatic rings. The number of thiophene rings is 1. The third-order valence-electron chi connectivity index (χ3n) is 1.93. The van der Waals surface area contributed by atoms with Crippen molar-refractivity contribution in [3.8, 4) is 6.07 Å². The third-order valence-corrected chi connectivity index (χ3v) is 3.33. The van der Waals surface area contributed by atoms with Crippen molar-refractivity contribution < 1.29 is 5.11 Å². The van der Waals surface area contributed by atoms with Gasteiger partial charge in [0.2, 0.25) is 0 Å². The van der Waals surface area contributed by atoms with Crippen LogP contribution in [-0.2, 0) is 6.61 Å². The van der Waals surface area contributed by atoms with E-state index in [0.717, 1.165) is 15.0 Å². The van der Waals surface area contributed by atoms with Crippen LogP contribution >= 0.6 is 22.9 Å². The van der Waals surface area contributed by atoms with E-state index in [1.165, 1.54) is 11.3 Å². The minimum Gasteiger partial charge on any atom is -0.391 e. The van der Waals surface area contributed by atoms with Crippen LogP contribution in [0.4, 0.5) is 0 Å². The van der Waals surface area contributed by atoms with E-state index >= 15 is 0 Å². The van der Waals surface area contributed by atoms with E-state index in [1.54, 1.807) is 12.1 Å². The lowest BCUT2D eigenvalue weighted by atomic mass is 10.2. The summed E-state index contributed by atoms with van der Waals surface area (Å²) in [5.74, 6) is 0. The minimum atomic E-state index is 0.0266. The Labute approximate surface area is 90.0 Å². The first-order valence-corrected chi connectivity index (χ1v) is 5.17. The molecule has 1 aromatic carbocycles. The Hall–Kier alpha value is -1.08. The zero-order valence-electron chi connectivity index (χ0n) is 7.12. The molecule has 0 atom stereocenters. The van der Waals surface area contributed by atoms with E-state index < -0.39 is 0 Å². The second kappa shape index (κ2) is 3.58. The highest BCUT2D eigenvalue weighted by atomic mass is 35.5. The van der Waals surface area contributed by atoms with Crippen LogP contribution in [0.1, 0.15) is 10.4 Å². The Bertz CT molecular complexity index is 527. The Morgan fingerprint density at radius 2 is 2.21 bits per heavy atom. The average molecular weight is 224 g/mol. The highest BCUT2D eigenvalue weighted by molar-refractivity contribution is 7.19. The molecule has 0 aliphatic carbocycles. The average Bonchev–Trinajstić information content (AvgIpc) is 2.58. The zero-order chi connectivity index (χ0) is 10.1. The Balaban J connectivity index is 2.71. The van der Waals surface area contributed by atoms with Crippen molar-refractivity contribution in [2.45, 2.75) is 6.61 Å². The lowest BCUT2D eigenvalue weighted by molar-refractivity contribution is 0.285. The van der Waals surface area contributed by atoms with Gasteiger partial charge in [0.05, 0.1) is 17.2 Å². The minimum absolute atomic E-state index is 0.0266. The topological polar surface area (TPSA) is 44.0 Å².